The van der Waals surface area contributed by atoms with Crippen LogP contribution in [0, 0.1) is 10.7 Å². The second kappa shape index (κ2) is 4.69. The van der Waals surface area contributed by atoms with Crippen molar-refractivity contribution in [2.45, 2.75) is 19.9 Å². The Kier molecular flexibility index (Phi) is 3.56. The molecule has 0 aliphatic carbocycles. The summed E-state index contributed by atoms with van der Waals surface area (Å²) in [5, 5.41) is 3.94. The van der Waals surface area contributed by atoms with Gasteiger partial charge in [0.15, 0.2) is 0 Å². The fourth-order valence-electron chi connectivity index (χ4n) is 1.27. The number of rotatable bonds is 4. The molecule has 0 amide bonds. The zero-order chi connectivity index (χ0) is 10.6. The van der Waals surface area contributed by atoms with Crippen molar-refractivity contribution in [3.8, 4) is 0 Å². The van der Waals surface area contributed by atoms with Gasteiger partial charge in [-0.15, -0.1) is 4.91 Å². The Morgan fingerprint density at radius 3 is 2.71 bits per heavy atom. The molecule has 0 aliphatic heterocycles. The van der Waals surface area contributed by atoms with E-state index < -0.39 is 0 Å². The van der Waals surface area contributed by atoms with E-state index >= 15 is 0 Å². The lowest BCUT2D eigenvalue weighted by Crippen LogP contribution is -2.09. The molecule has 4 heteroatoms. The van der Waals surface area contributed by atoms with Crippen LogP contribution < -0.4 is 0 Å². The van der Waals surface area contributed by atoms with Crippen molar-refractivity contribution in [1.29, 1.82) is 0 Å². The van der Waals surface area contributed by atoms with Crippen molar-refractivity contribution in [1.82, 2.24) is 5.01 Å². The molecule has 0 atom stereocenters. The minimum absolute atomic E-state index is 0.218. The van der Waals surface area contributed by atoms with Crippen LogP contribution in [0.25, 0.3) is 0 Å². The Morgan fingerprint density at radius 2 is 2.21 bits per heavy atom. The van der Waals surface area contributed by atoms with Crippen LogP contribution in [-0.4, -0.2) is 12.1 Å². The highest BCUT2D eigenvalue weighted by molar-refractivity contribution is 5.24. The zero-order valence-corrected chi connectivity index (χ0v) is 8.33. The summed E-state index contributed by atoms with van der Waals surface area (Å²) in [6.07, 6.45) is 0.674. The molecular weight excluding hydrogens is 183 g/mol. The maximum absolute atomic E-state index is 13.3. The third kappa shape index (κ3) is 2.52. The van der Waals surface area contributed by atoms with Crippen LogP contribution in [-0.2, 0) is 13.0 Å². The lowest BCUT2D eigenvalue weighted by Gasteiger charge is -2.09. The first kappa shape index (κ1) is 10.6. The number of hydrogen-bond acceptors (Lipinski definition) is 2. The lowest BCUT2D eigenvalue weighted by atomic mass is 10.1. The van der Waals surface area contributed by atoms with Gasteiger partial charge in [-0.05, 0) is 23.6 Å². The Hall–Kier alpha value is -1.45. The van der Waals surface area contributed by atoms with Crippen molar-refractivity contribution in [3.63, 3.8) is 0 Å². The summed E-state index contributed by atoms with van der Waals surface area (Å²) >= 11 is 0. The Labute approximate surface area is 82.5 Å². The average molecular weight is 196 g/mol. The summed E-state index contributed by atoms with van der Waals surface area (Å²) in [5.74, 6) is -0.218. The second-order valence-corrected chi connectivity index (χ2v) is 3.18. The molecule has 1 rings (SSSR count). The lowest BCUT2D eigenvalue weighted by molar-refractivity contribution is 0.341. The number of hydrogen-bond donors (Lipinski definition) is 0. The molecule has 0 unspecified atom stereocenters. The first-order valence-corrected chi connectivity index (χ1v) is 4.49. The number of halogens is 1. The van der Waals surface area contributed by atoms with Crippen LogP contribution in [0.3, 0.4) is 0 Å². The molecule has 0 saturated heterocycles. The van der Waals surface area contributed by atoms with Crippen molar-refractivity contribution in [2.75, 3.05) is 7.05 Å². The molecular formula is C10H13FN2O. The summed E-state index contributed by atoms with van der Waals surface area (Å²) in [5.41, 5.74) is 1.44. The standard InChI is InChI=1S/C10H13FN2O/c1-3-9-5-4-8(6-10(9)11)7-13(2)12-14/h4-6H,3,7H2,1-2H3. The highest BCUT2D eigenvalue weighted by Crippen LogP contribution is 2.12. The first-order chi connectivity index (χ1) is 6.67. The highest BCUT2D eigenvalue weighted by atomic mass is 19.1. The van der Waals surface area contributed by atoms with Crippen molar-refractivity contribution >= 4 is 0 Å². The van der Waals surface area contributed by atoms with Gasteiger partial charge in [-0.2, -0.15) is 0 Å². The van der Waals surface area contributed by atoms with Crippen molar-refractivity contribution in [3.05, 3.63) is 40.1 Å². The van der Waals surface area contributed by atoms with Crippen LogP contribution in [0.15, 0.2) is 23.5 Å². The molecule has 0 saturated carbocycles. The Balaban J connectivity index is 2.80. The van der Waals surface area contributed by atoms with Gasteiger partial charge in [-0.25, -0.2) is 4.39 Å². The molecule has 1 aromatic carbocycles. The van der Waals surface area contributed by atoms with E-state index in [4.69, 9.17) is 0 Å². The quantitative estimate of drug-likeness (QED) is 0.547. The monoisotopic (exact) mass is 196 g/mol. The van der Waals surface area contributed by atoms with Crippen molar-refractivity contribution in [2.24, 2.45) is 5.29 Å². The molecule has 1 aromatic rings. The summed E-state index contributed by atoms with van der Waals surface area (Å²) < 4.78 is 13.3. The summed E-state index contributed by atoms with van der Waals surface area (Å²) in [4.78, 5) is 10.1. The fourth-order valence-corrected chi connectivity index (χ4v) is 1.27. The van der Waals surface area contributed by atoms with Gasteiger partial charge < -0.3 is 0 Å². The molecule has 3 nitrogen and oxygen atoms in total. The molecule has 0 fully saturated rings. The smallest absolute Gasteiger partial charge is 0.126 e. The normalized spacial score (nSPS) is 9.93. The van der Waals surface area contributed by atoms with E-state index in [1.165, 1.54) is 11.1 Å². The maximum Gasteiger partial charge on any atom is 0.126 e. The number of aryl methyl sites for hydroxylation is 1. The van der Waals surface area contributed by atoms with Crippen molar-refractivity contribution < 1.29 is 4.39 Å². The van der Waals surface area contributed by atoms with E-state index in [9.17, 15) is 9.30 Å². The van der Waals surface area contributed by atoms with Gasteiger partial charge in [0.2, 0.25) is 0 Å². The van der Waals surface area contributed by atoms with Gasteiger partial charge >= 0.3 is 0 Å². The Bertz CT molecular complexity index is 328. The van der Waals surface area contributed by atoms with Gasteiger partial charge in [0.1, 0.15) is 5.82 Å². The molecule has 0 radical (unpaired) electrons. The van der Waals surface area contributed by atoms with E-state index in [1.807, 2.05) is 13.0 Å². The topological polar surface area (TPSA) is 32.7 Å². The van der Waals surface area contributed by atoms with Crippen LogP contribution in [0.1, 0.15) is 18.1 Å². The number of nitroso groups, excluding NO2 is 1. The van der Waals surface area contributed by atoms with E-state index in [-0.39, 0.29) is 5.82 Å². The van der Waals surface area contributed by atoms with Crippen LogP contribution in [0.5, 0.6) is 0 Å². The molecule has 0 aromatic heterocycles. The predicted octanol–water partition coefficient (Wildman–Crippen LogP) is 2.50. The van der Waals surface area contributed by atoms with E-state index in [0.717, 1.165) is 5.56 Å². The SMILES string of the molecule is CCc1ccc(CN(C)N=O)cc1F. The predicted molar refractivity (Wildman–Crippen MR) is 53.0 cm³/mol. The Morgan fingerprint density at radius 1 is 1.50 bits per heavy atom. The number of nitrogens with zero attached hydrogens (tertiary/aromatic N) is 2. The van der Waals surface area contributed by atoms with Gasteiger partial charge in [-0.3, -0.25) is 5.01 Å². The van der Waals surface area contributed by atoms with E-state index in [0.29, 0.717) is 18.5 Å². The van der Waals surface area contributed by atoms with Crippen LogP contribution >= 0.6 is 0 Å². The largest absolute Gasteiger partial charge is 0.260 e. The molecule has 0 aliphatic rings. The molecule has 14 heavy (non-hydrogen) atoms. The molecule has 0 bridgehead atoms. The van der Waals surface area contributed by atoms with E-state index in [2.05, 4.69) is 5.29 Å². The highest BCUT2D eigenvalue weighted by Gasteiger charge is 2.03. The van der Waals surface area contributed by atoms with Gasteiger partial charge in [-0.1, -0.05) is 19.1 Å². The zero-order valence-electron chi connectivity index (χ0n) is 8.33. The molecule has 0 spiro atoms. The second-order valence-electron chi connectivity index (χ2n) is 3.18. The average Bonchev–Trinajstić information content (AvgIpc) is 2.18. The maximum atomic E-state index is 13.3. The fraction of sp³-hybridized carbons (Fsp3) is 0.400. The summed E-state index contributed by atoms with van der Waals surface area (Å²) in [7, 11) is 1.55. The van der Waals surface area contributed by atoms with Gasteiger partial charge in [0.05, 0.1) is 11.8 Å². The van der Waals surface area contributed by atoms with Gasteiger partial charge in [0, 0.05) is 7.05 Å². The minimum Gasteiger partial charge on any atom is -0.260 e. The molecule has 0 N–H and O–H groups in total. The minimum atomic E-state index is -0.218. The van der Waals surface area contributed by atoms with E-state index in [1.54, 1.807) is 13.1 Å². The number of benzene rings is 1. The first-order valence-electron chi connectivity index (χ1n) is 4.49. The van der Waals surface area contributed by atoms with Crippen LogP contribution in [0.2, 0.25) is 0 Å². The summed E-state index contributed by atoms with van der Waals surface area (Å²) in [6.45, 7) is 2.24. The van der Waals surface area contributed by atoms with Crippen LogP contribution in [0.4, 0.5) is 4.39 Å². The third-order valence-corrected chi connectivity index (χ3v) is 2.05. The van der Waals surface area contributed by atoms with Gasteiger partial charge in [0.25, 0.3) is 0 Å². The summed E-state index contributed by atoms with van der Waals surface area (Å²) in [6, 6.07) is 4.99. The molecule has 76 valence electrons. The molecule has 0 heterocycles. The third-order valence-electron chi connectivity index (χ3n) is 2.05.